The molecular weight excluding hydrogens is 330 g/mol. The second-order valence-corrected chi connectivity index (χ2v) is 6.13. The molecule has 7 nitrogen and oxygen atoms in total. The number of fused-ring (bicyclic) bond motifs is 2. The number of rotatable bonds is 8. The molecule has 1 heterocycles. The average molecular weight is 353 g/mol. The van der Waals surface area contributed by atoms with Crippen LogP contribution in [-0.4, -0.2) is 42.7 Å². The summed E-state index contributed by atoms with van der Waals surface area (Å²) in [6, 6.07) is 5.25. The molecule has 0 atom stereocenters. The molecule has 26 heavy (non-hydrogen) atoms. The second kappa shape index (κ2) is 8.07. The summed E-state index contributed by atoms with van der Waals surface area (Å²) in [5.74, 6) is -0.366. The number of benzene rings is 1. The fourth-order valence-electron chi connectivity index (χ4n) is 3.06. The minimum atomic E-state index is -0.194. The third kappa shape index (κ3) is 3.31. The molecule has 0 bridgehead atoms. The van der Waals surface area contributed by atoms with Crippen molar-refractivity contribution < 1.29 is 9.59 Å². The highest BCUT2D eigenvalue weighted by Crippen LogP contribution is 2.36. The number of aromatic nitrogens is 1. The molecule has 1 aliphatic rings. The van der Waals surface area contributed by atoms with E-state index < -0.39 is 0 Å². The maximum Gasteiger partial charge on any atom is 0.198 e. The van der Waals surface area contributed by atoms with Gasteiger partial charge in [-0.15, -0.1) is 0 Å². The Morgan fingerprint density at radius 2 is 1.35 bits per heavy atom. The van der Waals surface area contributed by atoms with Crippen LogP contribution in [0.5, 0.6) is 0 Å². The lowest BCUT2D eigenvalue weighted by atomic mass is 9.83. The van der Waals surface area contributed by atoms with Crippen molar-refractivity contribution in [2.45, 2.75) is 12.8 Å². The Morgan fingerprint density at radius 3 is 1.88 bits per heavy atom. The molecule has 0 saturated heterocycles. The van der Waals surface area contributed by atoms with Crippen molar-refractivity contribution in [3.8, 4) is 0 Å². The van der Waals surface area contributed by atoms with E-state index >= 15 is 0 Å². The predicted molar refractivity (Wildman–Crippen MR) is 102 cm³/mol. The van der Waals surface area contributed by atoms with Gasteiger partial charge in [-0.1, -0.05) is 0 Å². The smallest absolute Gasteiger partial charge is 0.198 e. The fraction of sp³-hybridized carbons (Fsp3) is 0.316. The number of hydrogen-bond donors (Lipinski definition) is 4. The first kappa shape index (κ1) is 18.0. The van der Waals surface area contributed by atoms with Crippen LogP contribution < -0.4 is 22.1 Å². The van der Waals surface area contributed by atoms with Gasteiger partial charge in [0.2, 0.25) is 0 Å². The zero-order valence-electron chi connectivity index (χ0n) is 14.5. The lowest BCUT2D eigenvalue weighted by Gasteiger charge is -2.23. The quantitative estimate of drug-likeness (QED) is 0.451. The number of nitrogens with two attached hydrogens (primary N) is 2. The minimum absolute atomic E-state index is 0.172. The molecule has 0 saturated carbocycles. The molecule has 7 heteroatoms. The van der Waals surface area contributed by atoms with Crippen LogP contribution in [0.3, 0.4) is 0 Å². The van der Waals surface area contributed by atoms with Gasteiger partial charge in [0.05, 0.1) is 16.7 Å². The Kier molecular flexibility index (Phi) is 5.60. The third-order valence-corrected chi connectivity index (χ3v) is 4.36. The average Bonchev–Trinajstić information content (AvgIpc) is 2.67. The summed E-state index contributed by atoms with van der Waals surface area (Å²) in [6.45, 7) is 2.36. The van der Waals surface area contributed by atoms with Crippen LogP contribution in [0.1, 0.15) is 44.7 Å². The van der Waals surface area contributed by atoms with Gasteiger partial charge in [0.25, 0.3) is 0 Å². The summed E-state index contributed by atoms with van der Waals surface area (Å²) in [5, 5.41) is 6.46. The van der Waals surface area contributed by atoms with Crippen LogP contribution in [0.25, 0.3) is 0 Å². The molecule has 0 aliphatic heterocycles. The van der Waals surface area contributed by atoms with E-state index in [1.54, 1.807) is 6.07 Å². The first-order valence-electron chi connectivity index (χ1n) is 8.77. The van der Waals surface area contributed by atoms with E-state index in [0.29, 0.717) is 59.8 Å². The maximum absolute atomic E-state index is 13.1. The van der Waals surface area contributed by atoms with E-state index in [0.717, 1.165) is 12.8 Å². The molecule has 3 rings (SSSR count). The zero-order valence-corrected chi connectivity index (χ0v) is 14.5. The van der Waals surface area contributed by atoms with Crippen LogP contribution >= 0.6 is 0 Å². The number of pyridine rings is 1. The lowest BCUT2D eigenvalue weighted by molar-refractivity contribution is 0.0980. The van der Waals surface area contributed by atoms with Gasteiger partial charge < -0.3 is 22.1 Å². The van der Waals surface area contributed by atoms with E-state index in [4.69, 9.17) is 11.5 Å². The Morgan fingerprint density at radius 1 is 0.808 bits per heavy atom. The number of ketones is 2. The van der Waals surface area contributed by atoms with Crippen molar-refractivity contribution in [2.75, 3.05) is 36.8 Å². The van der Waals surface area contributed by atoms with E-state index in [1.165, 1.54) is 12.4 Å². The van der Waals surface area contributed by atoms with Gasteiger partial charge in [0, 0.05) is 42.4 Å². The van der Waals surface area contributed by atoms with Crippen molar-refractivity contribution in [2.24, 2.45) is 11.5 Å². The highest BCUT2D eigenvalue weighted by atomic mass is 16.1. The van der Waals surface area contributed by atoms with Crippen LogP contribution in [0.4, 0.5) is 11.4 Å². The monoisotopic (exact) mass is 353 g/mol. The standard InChI is InChI=1S/C19H23N5O2/c20-6-1-8-23-14-3-4-15(24-9-2-7-21)17-16(14)18(25)12-5-10-22-11-13(12)19(17)26/h3-5,10-11,23-24H,1-2,6-9,20-21H2. The minimum Gasteiger partial charge on any atom is -0.384 e. The molecule has 0 radical (unpaired) electrons. The Balaban J connectivity index is 2.07. The number of carbonyl (C=O) groups is 2. The Bertz CT molecular complexity index is 767. The molecule has 0 fully saturated rings. The van der Waals surface area contributed by atoms with Gasteiger partial charge >= 0.3 is 0 Å². The van der Waals surface area contributed by atoms with E-state index in [-0.39, 0.29) is 11.6 Å². The van der Waals surface area contributed by atoms with Crippen molar-refractivity contribution in [3.05, 3.63) is 52.8 Å². The summed E-state index contributed by atoms with van der Waals surface area (Å²) in [7, 11) is 0. The third-order valence-electron chi connectivity index (χ3n) is 4.36. The number of nitrogens with one attached hydrogen (secondary N) is 2. The highest BCUT2D eigenvalue weighted by Gasteiger charge is 2.34. The molecule has 2 aromatic rings. The van der Waals surface area contributed by atoms with Crippen molar-refractivity contribution in [1.82, 2.24) is 4.98 Å². The molecule has 0 amide bonds. The lowest BCUT2D eigenvalue weighted by Crippen LogP contribution is -2.25. The van der Waals surface area contributed by atoms with E-state index in [1.807, 2.05) is 12.1 Å². The molecule has 1 aromatic carbocycles. The van der Waals surface area contributed by atoms with Gasteiger partial charge in [-0.05, 0) is 44.1 Å². The molecular formula is C19H23N5O2. The summed E-state index contributed by atoms with van der Waals surface area (Å²) in [4.78, 5) is 30.2. The normalized spacial score (nSPS) is 12.5. The molecule has 1 aromatic heterocycles. The maximum atomic E-state index is 13.1. The van der Waals surface area contributed by atoms with Crippen LogP contribution in [0, 0.1) is 0 Å². The summed E-state index contributed by atoms with van der Waals surface area (Å²) >= 11 is 0. The summed E-state index contributed by atoms with van der Waals surface area (Å²) in [6.07, 6.45) is 4.52. The molecule has 6 N–H and O–H groups in total. The van der Waals surface area contributed by atoms with Crippen molar-refractivity contribution >= 4 is 22.9 Å². The number of nitrogens with zero attached hydrogens (tertiary/aromatic N) is 1. The van der Waals surface area contributed by atoms with Gasteiger partial charge in [0.1, 0.15) is 0 Å². The number of hydrogen-bond acceptors (Lipinski definition) is 7. The molecule has 136 valence electrons. The van der Waals surface area contributed by atoms with Crippen molar-refractivity contribution in [1.29, 1.82) is 0 Å². The predicted octanol–water partition coefficient (Wildman–Crippen LogP) is 1.38. The van der Waals surface area contributed by atoms with E-state index in [2.05, 4.69) is 15.6 Å². The molecule has 0 unspecified atom stereocenters. The largest absolute Gasteiger partial charge is 0.384 e. The first-order chi connectivity index (χ1) is 12.7. The summed E-state index contributed by atoms with van der Waals surface area (Å²) < 4.78 is 0. The van der Waals surface area contributed by atoms with Crippen LogP contribution in [0.15, 0.2) is 30.6 Å². The summed E-state index contributed by atoms with van der Waals surface area (Å²) in [5.41, 5.74) is 13.9. The Labute approximate surface area is 152 Å². The van der Waals surface area contributed by atoms with Gasteiger partial charge in [-0.25, -0.2) is 0 Å². The molecule has 0 spiro atoms. The number of anilines is 2. The SMILES string of the molecule is NCCCNc1ccc(NCCCN)c2c1C(=O)c1ccncc1C2=O. The Hall–Kier alpha value is -2.77. The van der Waals surface area contributed by atoms with E-state index in [9.17, 15) is 9.59 Å². The van der Waals surface area contributed by atoms with Crippen molar-refractivity contribution in [3.63, 3.8) is 0 Å². The second-order valence-electron chi connectivity index (χ2n) is 6.13. The van der Waals surface area contributed by atoms with Crippen LogP contribution in [-0.2, 0) is 0 Å². The fourth-order valence-corrected chi connectivity index (χ4v) is 3.06. The topological polar surface area (TPSA) is 123 Å². The van der Waals surface area contributed by atoms with Gasteiger partial charge in [-0.3, -0.25) is 14.6 Å². The zero-order chi connectivity index (χ0) is 18.5. The number of carbonyl (C=O) groups excluding carboxylic acids is 2. The highest BCUT2D eigenvalue weighted by molar-refractivity contribution is 6.31. The van der Waals surface area contributed by atoms with Gasteiger partial charge in [0.15, 0.2) is 11.6 Å². The van der Waals surface area contributed by atoms with Crippen LogP contribution in [0.2, 0.25) is 0 Å². The molecule has 1 aliphatic carbocycles. The van der Waals surface area contributed by atoms with Gasteiger partial charge in [-0.2, -0.15) is 0 Å². The first-order valence-corrected chi connectivity index (χ1v) is 8.77.